The Bertz CT molecular complexity index is 380. The molecule has 1 fully saturated rings. The van der Waals surface area contributed by atoms with Crippen LogP contribution in [-0.4, -0.2) is 5.25 Å². The molecular weight excluding hydrogens is 250 g/mol. The Morgan fingerprint density at radius 2 is 2.12 bits per heavy atom. The summed E-state index contributed by atoms with van der Waals surface area (Å²) in [7, 11) is 0. The molecule has 1 aliphatic rings. The average molecular weight is 270 g/mol. The summed E-state index contributed by atoms with van der Waals surface area (Å²) in [6, 6.07) is 6.00. The van der Waals surface area contributed by atoms with Gasteiger partial charge in [0.15, 0.2) is 0 Å². The lowest BCUT2D eigenvalue weighted by molar-refractivity contribution is 0.361. The first-order valence-electron chi connectivity index (χ1n) is 6.42. The molecule has 0 aromatic heterocycles. The zero-order valence-corrected chi connectivity index (χ0v) is 11.9. The van der Waals surface area contributed by atoms with Gasteiger partial charge in [-0.25, -0.2) is 0 Å². The van der Waals surface area contributed by atoms with Crippen molar-refractivity contribution in [3.05, 3.63) is 23.2 Å². The number of nitrogens with two attached hydrogens (primary N) is 1. The SMILES string of the molecule is CCC1CCCCC1Sc1ccc(N)c(Cl)c1. The molecule has 0 amide bonds. The molecule has 0 aliphatic heterocycles. The summed E-state index contributed by atoms with van der Waals surface area (Å²) in [6.07, 6.45) is 6.79. The summed E-state index contributed by atoms with van der Waals surface area (Å²) in [4.78, 5) is 1.26. The first-order valence-corrected chi connectivity index (χ1v) is 7.68. The van der Waals surface area contributed by atoms with E-state index in [1.807, 2.05) is 23.9 Å². The Morgan fingerprint density at radius 1 is 1.35 bits per heavy atom. The van der Waals surface area contributed by atoms with E-state index in [-0.39, 0.29) is 0 Å². The highest BCUT2D eigenvalue weighted by Crippen LogP contribution is 2.40. The van der Waals surface area contributed by atoms with Gasteiger partial charge in [-0.2, -0.15) is 0 Å². The third kappa shape index (κ3) is 3.32. The molecule has 1 aromatic carbocycles. The van der Waals surface area contributed by atoms with E-state index in [2.05, 4.69) is 13.0 Å². The van der Waals surface area contributed by atoms with Crippen LogP contribution in [-0.2, 0) is 0 Å². The van der Waals surface area contributed by atoms with Crippen molar-refractivity contribution >= 4 is 29.1 Å². The summed E-state index contributed by atoms with van der Waals surface area (Å²) in [5.41, 5.74) is 6.41. The fourth-order valence-electron chi connectivity index (χ4n) is 2.55. The Labute approximate surface area is 113 Å². The smallest absolute Gasteiger partial charge is 0.0646 e. The first-order chi connectivity index (χ1) is 8.20. The van der Waals surface area contributed by atoms with Crippen LogP contribution in [0.3, 0.4) is 0 Å². The molecule has 0 saturated heterocycles. The second-order valence-corrected chi connectivity index (χ2v) is 6.51. The lowest BCUT2D eigenvalue weighted by Crippen LogP contribution is -2.20. The third-order valence-electron chi connectivity index (χ3n) is 3.62. The highest BCUT2D eigenvalue weighted by atomic mass is 35.5. The summed E-state index contributed by atoms with van der Waals surface area (Å²) in [6.45, 7) is 2.31. The van der Waals surface area contributed by atoms with Crippen molar-refractivity contribution in [3.8, 4) is 0 Å². The van der Waals surface area contributed by atoms with Gasteiger partial charge in [-0.3, -0.25) is 0 Å². The zero-order valence-electron chi connectivity index (χ0n) is 10.3. The topological polar surface area (TPSA) is 26.0 Å². The molecule has 1 nitrogen and oxygen atoms in total. The molecule has 1 saturated carbocycles. The standard InChI is InChI=1S/C14H20ClNS/c1-2-10-5-3-4-6-14(10)17-11-7-8-13(16)12(15)9-11/h7-10,14H,2-6,16H2,1H3. The molecule has 0 radical (unpaired) electrons. The maximum atomic E-state index is 6.06. The molecule has 1 aromatic rings. The van der Waals surface area contributed by atoms with Gasteiger partial charge in [0.1, 0.15) is 0 Å². The summed E-state index contributed by atoms with van der Waals surface area (Å²) in [5.74, 6) is 0.866. The number of anilines is 1. The van der Waals surface area contributed by atoms with Crippen LogP contribution in [0.5, 0.6) is 0 Å². The van der Waals surface area contributed by atoms with Crippen LogP contribution < -0.4 is 5.73 Å². The van der Waals surface area contributed by atoms with Crippen molar-refractivity contribution in [2.45, 2.75) is 49.2 Å². The maximum Gasteiger partial charge on any atom is 0.0646 e. The fraction of sp³-hybridized carbons (Fsp3) is 0.571. The number of nitrogen functional groups attached to an aromatic ring is 1. The molecule has 2 rings (SSSR count). The van der Waals surface area contributed by atoms with Gasteiger partial charge in [0.05, 0.1) is 10.7 Å². The second-order valence-electron chi connectivity index (χ2n) is 4.79. The normalized spacial score (nSPS) is 24.8. The van der Waals surface area contributed by atoms with Crippen molar-refractivity contribution in [2.24, 2.45) is 5.92 Å². The average Bonchev–Trinajstić information content (AvgIpc) is 2.34. The van der Waals surface area contributed by atoms with E-state index in [4.69, 9.17) is 17.3 Å². The lowest BCUT2D eigenvalue weighted by Gasteiger charge is -2.30. The van der Waals surface area contributed by atoms with Crippen LogP contribution in [0.25, 0.3) is 0 Å². The second kappa shape index (κ2) is 6.01. The monoisotopic (exact) mass is 269 g/mol. The van der Waals surface area contributed by atoms with Gasteiger partial charge in [0.25, 0.3) is 0 Å². The number of rotatable bonds is 3. The largest absolute Gasteiger partial charge is 0.398 e. The minimum Gasteiger partial charge on any atom is -0.398 e. The van der Waals surface area contributed by atoms with Crippen molar-refractivity contribution in [2.75, 3.05) is 5.73 Å². The van der Waals surface area contributed by atoms with Gasteiger partial charge in [0.2, 0.25) is 0 Å². The van der Waals surface area contributed by atoms with Crippen LogP contribution in [0.15, 0.2) is 23.1 Å². The van der Waals surface area contributed by atoms with E-state index < -0.39 is 0 Å². The predicted octanol–water partition coefficient (Wildman–Crippen LogP) is 4.98. The zero-order chi connectivity index (χ0) is 12.3. The van der Waals surface area contributed by atoms with Gasteiger partial charge in [0, 0.05) is 10.1 Å². The molecule has 2 atom stereocenters. The van der Waals surface area contributed by atoms with Crippen LogP contribution in [0.4, 0.5) is 5.69 Å². The minimum atomic E-state index is 0.673. The van der Waals surface area contributed by atoms with E-state index in [9.17, 15) is 0 Å². The Hall–Kier alpha value is -0.340. The van der Waals surface area contributed by atoms with E-state index in [0.717, 1.165) is 11.2 Å². The Balaban J connectivity index is 2.05. The molecule has 2 N–H and O–H groups in total. The predicted molar refractivity (Wildman–Crippen MR) is 77.8 cm³/mol. The maximum absolute atomic E-state index is 6.06. The Kier molecular flexibility index (Phi) is 4.63. The highest BCUT2D eigenvalue weighted by Gasteiger charge is 2.24. The Morgan fingerprint density at radius 3 is 2.82 bits per heavy atom. The molecule has 0 bridgehead atoms. The molecule has 3 heteroatoms. The van der Waals surface area contributed by atoms with Crippen LogP contribution >= 0.6 is 23.4 Å². The van der Waals surface area contributed by atoms with Gasteiger partial charge in [-0.1, -0.05) is 37.8 Å². The summed E-state index contributed by atoms with van der Waals surface area (Å²) >= 11 is 8.04. The number of hydrogen-bond acceptors (Lipinski definition) is 2. The number of hydrogen-bond donors (Lipinski definition) is 1. The van der Waals surface area contributed by atoms with Gasteiger partial charge in [-0.15, -0.1) is 11.8 Å². The van der Waals surface area contributed by atoms with Crippen LogP contribution in [0, 0.1) is 5.92 Å². The number of benzene rings is 1. The molecule has 17 heavy (non-hydrogen) atoms. The van der Waals surface area contributed by atoms with E-state index in [1.165, 1.54) is 37.0 Å². The van der Waals surface area contributed by atoms with E-state index in [1.54, 1.807) is 0 Å². The molecular formula is C14H20ClNS. The van der Waals surface area contributed by atoms with Crippen molar-refractivity contribution in [3.63, 3.8) is 0 Å². The van der Waals surface area contributed by atoms with E-state index in [0.29, 0.717) is 10.7 Å². The van der Waals surface area contributed by atoms with Crippen LogP contribution in [0.1, 0.15) is 39.0 Å². The van der Waals surface area contributed by atoms with Crippen molar-refractivity contribution in [1.29, 1.82) is 0 Å². The van der Waals surface area contributed by atoms with Crippen LogP contribution in [0.2, 0.25) is 5.02 Å². The summed E-state index contributed by atoms with van der Waals surface area (Å²) in [5, 5.41) is 1.44. The lowest BCUT2D eigenvalue weighted by atomic mass is 9.87. The molecule has 0 spiro atoms. The van der Waals surface area contributed by atoms with Gasteiger partial charge < -0.3 is 5.73 Å². The molecule has 1 aliphatic carbocycles. The summed E-state index contributed by atoms with van der Waals surface area (Å²) < 4.78 is 0. The number of thioether (sulfide) groups is 1. The van der Waals surface area contributed by atoms with Gasteiger partial charge in [-0.05, 0) is 37.0 Å². The number of halogens is 1. The molecule has 0 heterocycles. The minimum absolute atomic E-state index is 0.673. The fourth-order valence-corrected chi connectivity index (χ4v) is 4.28. The quantitative estimate of drug-likeness (QED) is 0.783. The molecule has 2 unspecified atom stereocenters. The third-order valence-corrected chi connectivity index (χ3v) is 5.40. The van der Waals surface area contributed by atoms with Crippen molar-refractivity contribution in [1.82, 2.24) is 0 Å². The van der Waals surface area contributed by atoms with Gasteiger partial charge >= 0.3 is 0 Å². The molecule has 94 valence electrons. The van der Waals surface area contributed by atoms with Crippen molar-refractivity contribution < 1.29 is 0 Å². The highest BCUT2D eigenvalue weighted by molar-refractivity contribution is 8.00. The van der Waals surface area contributed by atoms with E-state index >= 15 is 0 Å². The first kappa shape index (κ1) is 13.1.